The fourth-order valence-electron chi connectivity index (χ4n) is 1.85. The number of phenols is 1. The van der Waals surface area contributed by atoms with Crippen molar-refractivity contribution in [2.24, 2.45) is 0 Å². The second-order valence-corrected chi connectivity index (χ2v) is 3.65. The van der Waals surface area contributed by atoms with Gasteiger partial charge in [-0.2, -0.15) is 0 Å². The SMILES string of the molecule is Cc1cc(O)cc2c1C(C)C(=O)C(=O)O2. The third kappa shape index (κ3) is 1.38. The van der Waals surface area contributed by atoms with Crippen molar-refractivity contribution in [3.8, 4) is 11.5 Å². The Bertz CT molecular complexity index is 462. The molecule has 4 heteroatoms. The maximum absolute atomic E-state index is 11.4. The Kier molecular flexibility index (Phi) is 2.00. The molecule has 0 saturated carbocycles. The maximum Gasteiger partial charge on any atom is 0.380 e. The highest BCUT2D eigenvalue weighted by molar-refractivity contribution is 6.37. The van der Waals surface area contributed by atoms with E-state index in [-0.39, 0.29) is 11.5 Å². The first-order chi connectivity index (χ1) is 7.00. The molecule has 1 aliphatic rings. The van der Waals surface area contributed by atoms with E-state index in [9.17, 15) is 14.7 Å². The number of aryl methyl sites for hydroxylation is 1. The lowest BCUT2D eigenvalue weighted by Gasteiger charge is -2.22. The number of rotatable bonds is 0. The Hall–Kier alpha value is -1.84. The maximum atomic E-state index is 11.4. The number of carbonyl (C=O) groups excluding carboxylic acids is 2. The molecule has 0 spiro atoms. The minimum absolute atomic E-state index is 0.0283. The monoisotopic (exact) mass is 206 g/mol. The summed E-state index contributed by atoms with van der Waals surface area (Å²) in [7, 11) is 0. The van der Waals surface area contributed by atoms with Crippen LogP contribution in [-0.2, 0) is 9.59 Å². The molecule has 0 aliphatic carbocycles. The summed E-state index contributed by atoms with van der Waals surface area (Å²) in [4.78, 5) is 22.5. The number of phenolic OH excluding ortho intramolecular Hbond substituents is 1. The summed E-state index contributed by atoms with van der Waals surface area (Å²) in [5.74, 6) is -1.59. The first-order valence-electron chi connectivity index (χ1n) is 4.60. The van der Waals surface area contributed by atoms with Crippen LogP contribution in [0.2, 0.25) is 0 Å². The number of carbonyl (C=O) groups is 2. The average molecular weight is 206 g/mol. The molecule has 1 aliphatic heterocycles. The van der Waals surface area contributed by atoms with Gasteiger partial charge >= 0.3 is 5.97 Å². The third-order valence-corrected chi connectivity index (χ3v) is 2.56. The van der Waals surface area contributed by atoms with E-state index in [2.05, 4.69) is 0 Å². The van der Waals surface area contributed by atoms with Gasteiger partial charge in [0.15, 0.2) is 0 Å². The molecule has 0 amide bonds. The van der Waals surface area contributed by atoms with Crippen LogP contribution in [0.15, 0.2) is 12.1 Å². The van der Waals surface area contributed by atoms with Crippen molar-refractivity contribution in [2.75, 3.05) is 0 Å². The molecule has 0 bridgehead atoms. The van der Waals surface area contributed by atoms with Crippen molar-refractivity contribution in [3.63, 3.8) is 0 Å². The van der Waals surface area contributed by atoms with Crippen LogP contribution in [0, 0.1) is 6.92 Å². The summed E-state index contributed by atoms with van der Waals surface area (Å²) in [6, 6.07) is 2.89. The van der Waals surface area contributed by atoms with Crippen LogP contribution in [0.25, 0.3) is 0 Å². The van der Waals surface area contributed by atoms with E-state index in [0.717, 1.165) is 5.56 Å². The Morgan fingerprint density at radius 3 is 2.67 bits per heavy atom. The van der Waals surface area contributed by atoms with E-state index >= 15 is 0 Å². The number of aromatic hydroxyl groups is 1. The molecular formula is C11H10O4. The second-order valence-electron chi connectivity index (χ2n) is 3.65. The number of ketones is 1. The minimum atomic E-state index is -0.861. The summed E-state index contributed by atoms with van der Waals surface area (Å²) in [6.07, 6.45) is 0. The van der Waals surface area contributed by atoms with Gasteiger partial charge in [0.05, 0.1) is 5.92 Å². The van der Waals surface area contributed by atoms with E-state index in [1.807, 2.05) is 0 Å². The molecule has 2 rings (SSSR count). The lowest BCUT2D eigenvalue weighted by molar-refractivity contribution is -0.148. The Morgan fingerprint density at radius 1 is 1.33 bits per heavy atom. The highest BCUT2D eigenvalue weighted by atomic mass is 16.5. The molecule has 78 valence electrons. The van der Waals surface area contributed by atoms with Gasteiger partial charge in [0.1, 0.15) is 11.5 Å². The van der Waals surface area contributed by atoms with Gasteiger partial charge in [-0.25, -0.2) is 4.79 Å². The van der Waals surface area contributed by atoms with Crippen molar-refractivity contribution < 1.29 is 19.4 Å². The van der Waals surface area contributed by atoms with E-state index in [0.29, 0.717) is 5.56 Å². The van der Waals surface area contributed by atoms with E-state index in [1.165, 1.54) is 6.07 Å². The predicted molar refractivity (Wildman–Crippen MR) is 51.9 cm³/mol. The van der Waals surface area contributed by atoms with Crippen LogP contribution in [0.5, 0.6) is 11.5 Å². The van der Waals surface area contributed by atoms with Crippen molar-refractivity contribution in [3.05, 3.63) is 23.3 Å². The molecule has 0 saturated heterocycles. The van der Waals surface area contributed by atoms with Gasteiger partial charge in [0.2, 0.25) is 5.78 Å². The summed E-state index contributed by atoms with van der Waals surface area (Å²) < 4.78 is 4.83. The van der Waals surface area contributed by atoms with Crippen LogP contribution in [-0.4, -0.2) is 16.9 Å². The fourth-order valence-corrected chi connectivity index (χ4v) is 1.85. The van der Waals surface area contributed by atoms with Gasteiger partial charge in [-0.05, 0) is 18.6 Å². The smallest absolute Gasteiger partial charge is 0.380 e. The number of esters is 1. The Labute approximate surface area is 86.5 Å². The highest BCUT2D eigenvalue weighted by Gasteiger charge is 2.34. The standard InChI is InChI=1S/C11H10O4/c1-5-3-7(12)4-8-9(5)6(2)10(13)11(14)15-8/h3-4,6,12H,1-2H3. The third-order valence-electron chi connectivity index (χ3n) is 2.56. The highest BCUT2D eigenvalue weighted by Crippen LogP contribution is 2.37. The van der Waals surface area contributed by atoms with Gasteiger partial charge in [-0.1, -0.05) is 6.92 Å². The molecule has 15 heavy (non-hydrogen) atoms. The average Bonchev–Trinajstić information content (AvgIpc) is 2.13. The summed E-state index contributed by atoms with van der Waals surface area (Å²) in [5, 5.41) is 9.33. The number of ether oxygens (including phenoxy) is 1. The first-order valence-corrected chi connectivity index (χ1v) is 4.60. The van der Waals surface area contributed by atoms with Crippen LogP contribution < -0.4 is 4.74 Å². The number of benzene rings is 1. The molecular weight excluding hydrogens is 196 g/mol. The topological polar surface area (TPSA) is 63.6 Å². The Balaban J connectivity index is 2.65. The lowest BCUT2D eigenvalue weighted by Crippen LogP contribution is -2.30. The Morgan fingerprint density at radius 2 is 2.00 bits per heavy atom. The summed E-state index contributed by atoms with van der Waals surface area (Å²) in [5.41, 5.74) is 1.43. The van der Waals surface area contributed by atoms with Gasteiger partial charge < -0.3 is 9.84 Å². The molecule has 0 aromatic heterocycles. The molecule has 4 nitrogen and oxygen atoms in total. The molecule has 1 N–H and O–H groups in total. The van der Waals surface area contributed by atoms with Gasteiger partial charge in [-0.3, -0.25) is 4.79 Å². The fraction of sp³-hybridized carbons (Fsp3) is 0.273. The van der Waals surface area contributed by atoms with E-state index in [4.69, 9.17) is 4.74 Å². The number of hydrogen-bond donors (Lipinski definition) is 1. The van der Waals surface area contributed by atoms with Crippen LogP contribution in [0.1, 0.15) is 24.0 Å². The molecule has 0 radical (unpaired) electrons. The second kappa shape index (κ2) is 3.08. The number of Topliss-reactive ketones (excluding diaryl/α,β-unsaturated/α-hetero) is 1. The zero-order valence-electron chi connectivity index (χ0n) is 8.40. The molecule has 1 aromatic carbocycles. The van der Waals surface area contributed by atoms with Gasteiger partial charge in [0, 0.05) is 11.6 Å². The minimum Gasteiger partial charge on any atom is -0.508 e. The van der Waals surface area contributed by atoms with Gasteiger partial charge in [-0.15, -0.1) is 0 Å². The predicted octanol–water partition coefficient (Wildman–Crippen LogP) is 1.29. The van der Waals surface area contributed by atoms with Crippen LogP contribution in [0.3, 0.4) is 0 Å². The van der Waals surface area contributed by atoms with E-state index < -0.39 is 17.7 Å². The van der Waals surface area contributed by atoms with Crippen LogP contribution in [0.4, 0.5) is 0 Å². The number of fused-ring (bicyclic) bond motifs is 1. The molecule has 0 fully saturated rings. The largest absolute Gasteiger partial charge is 0.508 e. The normalized spacial score (nSPS) is 19.7. The van der Waals surface area contributed by atoms with Crippen molar-refractivity contribution in [1.82, 2.24) is 0 Å². The molecule has 1 heterocycles. The zero-order valence-corrected chi connectivity index (χ0v) is 8.40. The van der Waals surface area contributed by atoms with Crippen molar-refractivity contribution in [1.29, 1.82) is 0 Å². The van der Waals surface area contributed by atoms with E-state index in [1.54, 1.807) is 19.9 Å². The zero-order chi connectivity index (χ0) is 11.2. The van der Waals surface area contributed by atoms with Gasteiger partial charge in [0.25, 0.3) is 0 Å². The molecule has 1 atom stereocenters. The molecule has 1 aromatic rings. The van der Waals surface area contributed by atoms with Crippen molar-refractivity contribution >= 4 is 11.8 Å². The van der Waals surface area contributed by atoms with Crippen LogP contribution >= 0.6 is 0 Å². The number of hydrogen-bond acceptors (Lipinski definition) is 4. The summed E-state index contributed by atoms with van der Waals surface area (Å²) >= 11 is 0. The lowest BCUT2D eigenvalue weighted by atomic mass is 9.90. The van der Waals surface area contributed by atoms with Crippen molar-refractivity contribution in [2.45, 2.75) is 19.8 Å². The first kappa shape index (κ1) is 9.71. The summed E-state index contributed by atoms with van der Waals surface area (Å²) in [6.45, 7) is 3.42. The molecule has 1 unspecified atom stereocenters. The quantitative estimate of drug-likeness (QED) is 0.394.